The minimum absolute atomic E-state index is 0.0447. The molecule has 2 aliphatic rings. The number of hydrogen-bond donors (Lipinski definition) is 3. The predicted molar refractivity (Wildman–Crippen MR) is 138 cm³/mol. The molecule has 0 radical (unpaired) electrons. The summed E-state index contributed by atoms with van der Waals surface area (Å²) >= 11 is 12.4. The molecule has 5 rings (SSSR count). The highest BCUT2D eigenvalue weighted by molar-refractivity contribution is 6.38. The van der Waals surface area contributed by atoms with Gasteiger partial charge in [-0.15, -0.1) is 0 Å². The van der Waals surface area contributed by atoms with Crippen molar-refractivity contribution in [2.45, 2.75) is 37.3 Å². The molecule has 2 aromatic carbocycles. The molecule has 0 bridgehead atoms. The molecule has 1 fully saturated rings. The number of carbonyl (C=O) groups is 3. The van der Waals surface area contributed by atoms with Crippen molar-refractivity contribution >= 4 is 63.7 Å². The van der Waals surface area contributed by atoms with Crippen molar-refractivity contribution in [2.24, 2.45) is 13.0 Å². The molecule has 0 unspecified atom stereocenters. The number of fused-ring (bicyclic) bond motifs is 2. The minimum atomic E-state index is -3.30. The quantitative estimate of drug-likeness (QED) is 0.405. The number of anilines is 2. The van der Waals surface area contributed by atoms with Crippen molar-refractivity contribution in [3.63, 3.8) is 0 Å². The lowest BCUT2D eigenvalue weighted by Crippen LogP contribution is -2.57. The first-order chi connectivity index (χ1) is 17.8. The first-order valence-corrected chi connectivity index (χ1v) is 12.5. The van der Waals surface area contributed by atoms with E-state index < -0.39 is 60.6 Å². The van der Waals surface area contributed by atoms with Gasteiger partial charge in [-0.2, -0.15) is 0 Å². The van der Waals surface area contributed by atoms with E-state index in [0.717, 1.165) is 10.4 Å². The highest BCUT2D eigenvalue weighted by atomic mass is 35.5. The Balaban J connectivity index is 1.55. The predicted octanol–water partition coefficient (Wildman–Crippen LogP) is 4.49. The SMILES string of the molecule is C[C@@H](C(=O)Nc1nc2ccccc2n1C)[C@H]1CC(F)(F)CN1[C@@]1(CC(=O)O)C(=O)Nc2c(Cl)cc(Cl)cc21. The highest BCUT2D eigenvalue weighted by Crippen LogP contribution is 2.52. The molecule has 0 spiro atoms. The van der Waals surface area contributed by atoms with Crippen LogP contribution in [0.3, 0.4) is 0 Å². The lowest BCUT2D eigenvalue weighted by Gasteiger charge is -2.41. The van der Waals surface area contributed by atoms with Crippen LogP contribution < -0.4 is 10.6 Å². The van der Waals surface area contributed by atoms with Gasteiger partial charge in [0.05, 0.1) is 40.6 Å². The fourth-order valence-electron chi connectivity index (χ4n) is 5.52. The molecule has 38 heavy (non-hydrogen) atoms. The number of aryl methyl sites for hydroxylation is 1. The Labute approximate surface area is 225 Å². The van der Waals surface area contributed by atoms with Crippen LogP contribution in [0.2, 0.25) is 10.0 Å². The minimum Gasteiger partial charge on any atom is -0.481 e. The second-order valence-electron chi connectivity index (χ2n) is 9.71. The van der Waals surface area contributed by atoms with E-state index in [1.54, 1.807) is 23.7 Å². The van der Waals surface area contributed by atoms with E-state index in [2.05, 4.69) is 15.6 Å². The van der Waals surface area contributed by atoms with Gasteiger partial charge < -0.3 is 15.0 Å². The van der Waals surface area contributed by atoms with E-state index >= 15 is 8.78 Å². The van der Waals surface area contributed by atoms with Crippen LogP contribution in [0.25, 0.3) is 11.0 Å². The van der Waals surface area contributed by atoms with Gasteiger partial charge in [0.2, 0.25) is 17.8 Å². The van der Waals surface area contributed by atoms with Crippen molar-refractivity contribution < 1.29 is 28.3 Å². The molecule has 13 heteroatoms. The van der Waals surface area contributed by atoms with Gasteiger partial charge in [0.25, 0.3) is 5.92 Å². The topological polar surface area (TPSA) is 117 Å². The number of alkyl halides is 2. The fourth-order valence-corrected chi connectivity index (χ4v) is 6.06. The average molecular weight is 566 g/mol. The van der Waals surface area contributed by atoms with Crippen molar-refractivity contribution in [1.82, 2.24) is 14.5 Å². The maximum atomic E-state index is 15.0. The van der Waals surface area contributed by atoms with Gasteiger partial charge in [-0.25, -0.2) is 13.8 Å². The Morgan fingerprint density at radius 1 is 1.29 bits per heavy atom. The zero-order valence-corrected chi connectivity index (χ0v) is 21.8. The van der Waals surface area contributed by atoms with Crippen LogP contribution in [0, 0.1) is 5.92 Å². The van der Waals surface area contributed by atoms with E-state index in [9.17, 15) is 19.5 Å². The molecule has 0 saturated carbocycles. The number of carboxylic acid groups (broad SMARTS) is 1. The summed E-state index contributed by atoms with van der Waals surface area (Å²) in [6.07, 6.45) is -1.60. The number of halogens is 4. The number of nitrogens with zero attached hydrogens (tertiary/aromatic N) is 3. The first kappa shape index (κ1) is 26.3. The number of amides is 2. The summed E-state index contributed by atoms with van der Waals surface area (Å²) in [7, 11) is 1.71. The summed E-state index contributed by atoms with van der Waals surface area (Å²) in [4.78, 5) is 44.4. The number of para-hydroxylation sites is 2. The summed E-state index contributed by atoms with van der Waals surface area (Å²) in [5, 5.41) is 15.2. The van der Waals surface area contributed by atoms with Crippen molar-refractivity contribution in [1.29, 1.82) is 0 Å². The number of hydrogen-bond acceptors (Lipinski definition) is 5. The Kier molecular flexibility index (Phi) is 6.36. The lowest BCUT2D eigenvalue weighted by atomic mass is 9.83. The third-order valence-corrected chi connectivity index (χ3v) is 7.85. The van der Waals surface area contributed by atoms with Gasteiger partial charge in [0.15, 0.2) is 0 Å². The summed E-state index contributed by atoms with van der Waals surface area (Å²) in [6, 6.07) is 8.73. The van der Waals surface area contributed by atoms with Crippen LogP contribution >= 0.6 is 23.2 Å². The summed E-state index contributed by atoms with van der Waals surface area (Å²) in [6.45, 7) is 0.524. The number of carboxylic acids is 1. The standard InChI is InChI=1S/C25H23Cl2F2N5O4/c1-12(21(37)32-23-30-16-5-3-4-6-17(16)33(23)2)18-9-24(28,29)11-34(18)25(10-19(35)36)14-7-13(26)8-15(27)20(14)31-22(25)38/h3-8,12,18H,9-11H2,1-2H3,(H,31,38)(H,35,36)(H,30,32,37)/t12-,18-,25-/m1/s1. The van der Waals surface area contributed by atoms with Gasteiger partial charge in [-0.05, 0) is 24.3 Å². The highest BCUT2D eigenvalue weighted by Gasteiger charge is 2.62. The number of carbonyl (C=O) groups excluding carboxylic acids is 2. The van der Waals surface area contributed by atoms with Gasteiger partial charge in [0, 0.05) is 30.1 Å². The van der Waals surface area contributed by atoms with Crippen LogP contribution in [0.15, 0.2) is 36.4 Å². The molecule has 1 saturated heterocycles. The molecule has 3 heterocycles. The number of aromatic nitrogens is 2. The largest absolute Gasteiger partial charge is 0.481 e. The van der Waals surface area contributed by atoms with Crippen molar-refractivity contribution in [3.8, 4) is 0 Å². The molecule has 2 amide bonds. The Hall–Kier alpha value is -3.28. The molecule has 2 aliphatic heterocycles. The Bertz CT molecular complexity index is 1500. The second kappa shape index (κ2) is 9.18. The maximum Gasteiger partial charge on any atom is 0.306 e. The molecular formula is C25H23Cl2F2N5O4. The normalized spacial score (nSPS) is 23.3. The molecule has 9 nitrogen and oxygen atoms in total. The Morgan fingerprint density at radius 3 is 2.68 bits per heavy atom. The summed E-state index contributed by atoms with van der Waals surface area (Å²) in [5.74, 6) is -6.99. The van der Waals surface area contributed by atoms with Crippen LogP contribution in [-0.2, 0) is 27.0 Å². The molecule has 1 aromatic heterocycles. The zero-order chi connectivity index (χ0) is 27.6. The average Bonchev–Trinajstić information content (AvgIpc) is 3.43. The lowest BCUT2D eigenvalue weighted by molar-refractivity contribution is -0.147. The van der Waals surface area contributed by atoms with Gasteiger partial charge in [0.1, 0.15) is 5.54 Å². The van der Waals surface area contributed by atoms with E-state index in [1.807, 2.05) is 12.1 Å². The molecule has 200 valence electrons. The van der Waals surface area contributed by atoms with Crippen molar-refractivity contribution in [3.05, 3.63) is 52.0 Å². The second-order valence-corrected chi connectivity index (χ2v) is 10.6. The number of imidazole rings is 1. The number of likely N-dealkylation sites (tertiary alicyclic amines) is 1. The zero-order valence-electron chi connectivity index (χ0n) is 20.3. The third kappa shape index (κ3) is 4.18. The number of aliphatic carboxylic acids is 1. The molecule has 3 N–H and O–H groups in total. The van der Waals surface area contributed by atoms with E-state index in [1.165, 1.54) is 19.1 Å². The van der Waals surface area contributed by atoms with E-state index in [0.29, 0.717) is 5.52 Å². The molecule has 0 aliphatic carbocycles. The number of benzene rings is 2. The monoisotopic (exact) mass is 565 g/mol. The van der Waals surface area contributed by atoms with Gasteiger partial charge >= 0.3 is 5.97 Å². The Morgan fingerprint density at radius 2 is 2.00 bits per heavy atom. The fraction of sp³-hybridized carbons (Fsp3) is 0.360. The van der Waals surface area contributed by atoms with Crippen LogP contribution in [0.5, 0.6) is 0 Å². The number of rotatable bonds is 6. The molecular weight excluding hydrogens is 543 g/mol. The summed E-state index contributed by atoms with van der Waals surface area (Å²) < 4.78 is 31.7. The van der Waals surface area contributed by atoms with Crippen LogP contribution in [0.4, 0.5) is 20.4 Å². The maximum absolute atomic E-state index is 15.0. The van der Waals surface area contributed by atoms with Gasteiger partial charge in [-0.3, -0.25) is 24.6 Å². The number of nitrogens with one attached hydrogen (secondary N) is 2. The molecule has 3 aromatic rings. The summed E-state index contributed by atoms with van der Waals surface area (Å²) in [5.41, 5.74) is -0.480. The van der Waals surface area contributed by atoms with E-state index in [4.69, 9.17) is 23.2 Å². The van der Waals surface area contributed by atoms with Crippen LogP contribution in [-0.4, -0.2) is 55.9 Å². The smallest absolute Gasteiger partial charge is 0.306 e. The van der Waals surface area contributed by atoms with Gasteiger partial charge in [-0.1, -0.05) is 42.3 Å². The van der Waals surface area contributed by atoms with Crippen molar-refractivity contribution in [2.75, 3.05) is 17.2 Å². The third-order valence-electron chi connectivity index (χ3n) is 7.33. The van der Waals surface area contributed by atoms with Crippen LogP contribution in [0.1, 0.15) is 25.3 Å². The van der Waals surface area contributed by atoms with E-state index in [-0.39, 0.29) is 27.2 Å². The molecule has 3 atom stereocenters. The first-order valence-electron chi connectivity index (χ1n) is 11.7.